The fraction of sp³-hybridized carbons (Fsp3) is 0.417. The molecule has 0 aliphatic heterocycles. The summed E-state index contributed by atoms with van der Waals surface area (Å²) in [6, 6.07) is 4.77. The van der Waals surface area contributed by atoms with Crippen molar-refractivity contribution in [2.45, 2.75) is 13.0 Å². The van der Waals surface area contributed by atoms with Crippen LogP contribution in [0.15, 0.2) is 18.2 Å². The van der Waals surface area contributed by atoms with E-state index in [0.717, 1.165) is 0 Å². The van der Waals surface area contributed by atoms with Crippen LogP contribution in [0.4, 0.5) is 0 Å². The number of carbonyl (C=O) groups is 1. The molecule has 0 bridgehead atoms. The first-order valence-electron chi connectivity index (χ1n) is 5.27. The highest BCUT2D eigenvalue weighted by Gasteiger charge is 2.14. The Bertz CT molecular complexity index is 392. The number of nitrogens with one attached hydrogen (secondary N) is 1. The van der Waals surface area contributed by atoms with Crippen molar-refractivity contribution >= 4 is 5.91 Å². The lowest BCUT2D eigenvalue weighted by Gasteiger charge is -2.12. The molecule has 1 unspecified atom stereocenters. The van der Waals surface area contributed by atoms with E-state index >= 15 is 0 Å². The number of amides is 1. The quantitative estimate of drug-likeness (QED) is 0.809. The van der Waals surface area contributed by atoms with E-state index < -0.39 is 0 Å². The molecule has 1 amide bonds. The van der Waals surface area contributed by atoms with Crippen LogP contribution >= 0.6 is 0 Å². The second-order valence-electron chi connectivity index (χ2n) is 3.61. The summed E-state index contributed by atoms with van der Waals surface area (Å²) in [5, 5.41) is 12.4. The Morgan fingerprint density at radius 3 is 2.76 bits per heavy atom. The molecule has 0 saturated heterocycles. The van der Waals surface area contributed by atoms with Gasteiger partial charge in [-0.3, -0.25) is 4.79 Å². The maximum absolute atomic E-state index is 11.8. The van der Waals surface area contributed by atoms with Gasteiger partial charge in [0.1, 0.15) is 0 Å². The molecule has 94 valence electrons. The molecule has 0 fully saturated rings. The number of aromatic hydroxyl groups is 1. The molecule has 1 atom stereocenters. The number of para-hydroxylation sites is 1. The molecule has 0 heterocycles. The maximum atomic E-state index is 11.8. The molecule has 1 aromatic rings. The van der Waals surface area contributed by atoms with Gasteiger partial charge in [0.05, 0.1) is 18.8 Å². The lowest BCUT2D eigenvalue weighted by molar-refractivity contribution is 0.0867. The van der Waals surface area contributed by atoms with E-state index in [-0.39, 0.29) is 29.1 Å². The third-order valence-corrected chi connectivity index (χ3v) is 2.42. The minimum atomic E-state index is -0.356. The molecular weight excluding hydrogens is 222 g/mol. The fourth-order valence-electron chi connectivity index (χ4n) is 1.29. The van der Waals surface area contributed by atoms with E-state index in [1.54, 1.807) is 19.2 Å². The highest BCUT2D eigenvalue weighted by molar-refractivity contribution is 5.97. The normalized spacial score (nSPS) is 11.9. The lowest BCUT2D eigenvalue weighted by atomic mass is 10.1. The Labute approximate surface area is 100 Å². The van der Waals surface area contributed by atoms with Crippen LogP contribution in [0, 0.1) is 0 Å². The van der Waals surface area contributed by atoms with Crippen molar-refractivity contribution in [3.63, 3.8) is 0 Å². The van der Waals surface area contributed by atoms with Crippen molar-refractivity contribution in [2.24, 2.45) is 0 Å². The largest absolute Gasteiger partial charge is 0.504 e. The van der Waals surface area contributed by atoms with Crippen LogP contribution in [-0.4, -0.2) is 37.9 Å². The predicted octanol–water partition coefficient (Wildman–Crippen LogP) is 1.17. The standard InChI is InChI=1S/C12H17NO4/c1-8(16-2)7-13-12(15)9-5-4-6-10(17-3)11(9)14/h4-6,8,14H,7H2,1-3H3,(H,13,15). The Kier molecular flexibility index (Phi) is 4.78. The van der Waals surface area contributed by atoms with Gasteiger partial charge in [-0.05, 0) is 19.1 Å². The van der Waals surface area contributed by atoms with Gasteiger partial charge in [-0.15, -0.1) is 0 Å². The SMILES string of the molecule is COc1cccc(C(=O)NCC(C)OC)c1O. The van der Waals surface area contributed by atoms with Crippen molar-refractivity contribution in [1.29, 1.82) is 0 Å². The highest BCUT2D eigenvalue weighted by atomic mass is 16.5. The van der Waals surface area contributed by atoms with E-state index in [9.17, 15) is 9.90 Å². The van der Waals surface area contributed by atoms with E-state index in [2.05, 4.69) is 5.32 Å². The second-order valence-corrected chi connectivity index (χ2v) is 3.61. The summed E-state index contributed by atoms with van der Waals surface area (Å²) in [5.41, 5.74) is 0.188. The van der Waals surface area contributed by atoms with Crippen molar-refractivity contribution in [3.8, 4) is 11.5 Å². The molecule has 0 saturated carbocycles. The molecule has 5 heteroatoms. The van der Waals surface area contributed by atoms with Crippen molar-refractivity contribution < 1.29 is 19.4 Å². The zero-order valence-corrected chi connectivity index (χ0v) is 10.2. The number of phenols is 1. The van der Waals surface area contributed by atoms with Crippen molar-refractivity contribution in [2.75, 3.05) is 20.8 Å². The molecule has 1 aromatic carbocycles. The molecule has 5 nitrogen and oxygen atoms in total. The van der Waals surface area contributed by atoms with Crippen LogP contribution in [0.25, 0.3) is 0 Å². The highest BCUT2D eigenvalue weighted by Crippen LogP contribution is 2.29. The fourth-order valence-corrected chi connectivity index (χ4v) is 1.29. The van der Waals surface area contributed by atoms with Crippen LogP contribution in [0.3, 0.4) is 0 Å². The van der Waals surface area contributed by atoms with Gasteiger partial charge >= 0.3 is 0 Å². The van der Waals surface area contributed by atoms with Crippen LogP contribution in [0.1, 0.15) is 17.3 Å². The molecule has 0 aliphatic rings. The Morgan fingerprint density at radius 1 is 1.47 bits per heavy atom. The van der Waals surface area contributed by atoms with E-state index in [4.69, 9.17) is 9.47 Å². The Hall–Kier alpha value is -1.75. The molecule has 1 rings (SSSR count). The number of hydrogen-bond acceptors (Lipinski definition) is 4. The van der Waals surface area contributed by atoms with Gasteiger partial charge in [0.15, 0.2) is 11.5 Å². The van der Waals surface area contributed by atoms with Crippen LogP contribution in [-0.2, 0) is 4.74 Å². The zero-order chi connectivity index (χ0) is 12.8. The van der Waals surface area contributed by atoms with Crippen molar-refractivity contribution in [3.05, 3.63) is 23.8 Å². The summed E-state index contributed by atoms with van der Waals surface area (Å²) in [4.78, 5) is 11.8. The van der Waals surface area contributed by atoms with Gasteiger partial charge in [-0.2, -0.15) is 0 Å². The zero-order valence-electron chi connectivity index (χ0n) is 10.2. The first-order chi connectivity index (χ1) is 8.10. The molecule has 0 spiro atoms. The molecule has 0 aromatic heterocycles. The molecular formula is C12H17NO4. The van der Waals surface area contributed by atoms with E-state index in [1.807, 2.05) is 6.92 Å². The first kappa shape index (κ1) is 13.3. The third-order valence-electron chi connectivity index (χ3n) is 2.42. The average Bonchev–Trinajstić information content (AvgIpc) is 2.35. The lowest BCUT2D eigenvalue weighted by Crippen LogP contribution is -2.31. The smallest absolute Gasteiger partial charge is 0.255 e. The van der Waals surface area contributed by atoms with Gasteiger partial charge in [0, 0.05) is 13.7 Å². The van der Waals surface area contributed by atoms with Crippen LogP contribution < -0.4 is 10.1 Å². The van der Waals surface area contributed by atoms with Crippen LogP contribution in [0.5, 0.6) is 11.5 Å². The van der Waals surface area contributed by atoms with E-state index in [0.29, 0.717) is 6.54 Å². The summed E-state index contributed by atoms with van der Waals surface area (Å²) in [5.74, 6) is -0.236. The molecule has 2 N–H and O–H groups in total. The average molecular weight is 239 g/mol. The number of rotatable bonds is 5. The first-order valence-corrected chi connectivity index (χ1v) is 5.27. The maximum Gasteiger partial charge on any atom is 0.255 e. The van der Waals surface area contributed by atoms with Gasteiger partial charge in [-0.25, -0.2) is 0 Å². The summed E-state index contributed by atoms with van der Waals surface area (Å²) in [7, 11) is 3.00. The number of hydrogen-bond donors (Lipinski definition) is 2. The topological polar surface area (TPSA) is 67.8 Å². The Balaban J connectivity index is 2.75. The van der Waals surface area contributed by atoms with Crippen molar-refractivity contribution in [1.82, 2.24) is 5.32 Å². The van der Waals surface area contributed by atoms with Gasteiger partial charge in [0.2, 0.25) is 0 Å². The van der Waals surface area contributed by atoms with E-state index in [1.165, 1.54) is 13.2 Å². The monoisotopic (exact) mass is 239 g/mol. The summed E-state index contributed by atoms with van der Waals surface area (Å²) in [6.07, 6.45) is -0.0771. The number of carbonyl (C=O) groups excluding carboxylic acids is 1. The van der Waals surface area contributed by atoms with Gasteiger partial charge in [0.25, 0.3) is 5.91 Å². The minimum Gasteiger partial charge on any atom is -0.504 e. The summed E-state index contributed by atoms with van der Waals surface area (Å²) in [6.45, 7) is 2.22. The number of benzene rings is 1. The third kappa shape index (κ3) is 3.35. The predicted molar refractivity (Wildman–Crippen MR) is 63.5 cm³/mol. The molecule has 0 aliphatic carbocycles. The second kappa shape index (κ2) is 6.10. The molecule has 17 heavy (non-hydrogen) atoms. The Morgan fingerprint density at radius 2 is 2.18 bits per heavy atom. The van der Waals surface area contributed by atoms with Crippen LogP contribution in [0.2, 0.25) is 0 Å². The summed E-state index contributed by atoms with van der Waals surface area (Å²) >= 11 is 0. The minimum absolute atomic E-state index is 0.0771. The molecule has 0 radical (unpaired) electrons. The number of methoxy groups -OCH3 is 2. The van der Waals surface area contributed by atoms with Gasteiger partial charge < -0.3 is 19.9 Å². The number of ether oxygens (including phenoxy) is 2. The number of phenolic OH excluding ortho intramolecular Hbond substituents is 1. The summed E-state index contributed by atoms with van der Waals surface area (Å²) < 4.78 is 9.94. The van der Waals surface area contributed by atoms with Gasteiger partial charge in [-0.1, -0.05) is 6.07 Å².